The van der Waals surface area contributed by atoms with Gasteiger partial charge in [-0.1, -0.05) is 11.6 Å². The average molecular weight is 295 g/mol. The zero-order valence-electron chi connectivity index (χ0n) is 11.2. The number of aryl methyl sites for hydroxylation is 1. The summed E-state index contributed by atoms with van der Waals surface area (Å²) in [4.78, 5) is 8.44. The van der Waals surface area contributed by atoms with Crippen molar-refractivity contribution >= 4 is 29.1 Å². The van der Waals surface area contributed by atoms with E-state index in [-0.39, 0.29) is 0 Å². The average Bonchev–Trinajstić information content (AvgIpc) is 2.70. The Bertz CT molecular complexity index is 624. The lowest BCUT2D eigenvalue weighted by molar-refractivity contribution is -0.0287. The van der Waals surface area contributed by atoms with E-state index in [1.807, 2.05) is 17.8 Å². The molecule has 0 aromatic carbocycles. The van der Waals surface area contributed by atoms with E-state index in [9.17, 15) is 0 Å². The van der Waals surface area contributed by atoms with Gasteiger partial charge < -0.3 is 15.4 Å². The molecule has 2 N–H and O–H groups in total. The monoisotopic (exact) mass is 294 g/mol. The van der Waals surface area contributed by atoms with Gasteiger partial charge in [-0.25, -0.2) is 4.98 Å². The molecule has 7 nitrogen and oxygen atoms in total. The van der Waals surface area contributed by atoms with Crippen molar-refractivity contribution in [3.05, 3.63) is 23.1 Å². The van der Waals surface area contributed by atoms with Crippen LogP contribution in [-0.2, 0) is 4.74 Å². The van der Waals surface area contributed by atoms with Gasteiger partial charge >= 0.3 is 0 Å². The van der Waals surface area contributed by atoms with Gasteiger partial charge in [-0.3, -0.25) is 4.68 Å². The second-order valence-electron chi connectivity index (χ2n) is 4.56. The van der Waals surface area contributed by atoms with Crippen molar-refractivity contribution in [1.82, 2.24) is 19.7 Å². The van der Waals surface area contributed by atoms with Crippen molar-refractivity contribution in [2.24, 2.45) is 0 Å². The first-order valence-corrected chi connectivity index (χ1v) is 6.66. The van der Waals surface area contributed by atoms with Crippen LogP contribution in [0.4, 0.5) is 17.5 Å². The van der Waals surface area contributed by atoms with Gasteiger partial charge in [-0.2, -0.15) is 10.1 Å². The van der Waals surface area contributed by atoms with E-state index in [4.69, 9.17) is 16.3 Å². The second kappa shape index (κ2) is 5.26. The molecule has 1 saturated heterocycles. The van der Waals surface area contributed by atoms with Crippen LogP contribution in [0.3, 0.4) is 0 Å². The van der Waals surface area contributed by atoms with E-state index >= 15 is 0 Å². The van der Waals surface area contributed by atoms with Crippen LogP contribution in [0.2, 0.25) is 5.02 Å². The normalized spacial score (nSPS) is 14.9. The maximum Gasteiger partial charge on any atom is 0.229 e. The number of aromatic nitrogens is 4. The summed E-state index contributed by atoms with van der Waals surface area (Å²) in [6.07, 6.45) is 3.50. The molecule has 0 aliphatic carbocycles. The Labute approximate surface area is 121 Å². The molecule has 1 fully saturated rings. The number of ether oxygens (including phenoxy) is 1. The zero-order valence-corrected chi connectivity index (χ0v) is 12.0. The van der Waals surface area contributed by atoms with Gasteiger partial charge in [0, 0.05) is 13.2 Å². The van der Waals surface area contributed by atoms with Crippen LogP contribution in [-0.4, -0.2) is 40.0 Å². The van der Waals surface area contributed by atoms with Crippen molar-refractivity contribution in [1.29, 1.82) is 0 Å². The van der Waals surface area contributed by atoms with Crippen LogP contribution in [0.25, 0.3) is 0 Å². The lowest BCUT2D eigenvalue weighted by Crippen LogP contribution is -2.30. The van der Waals surface area contributed by atoms with Crippen LogP contribution in [0.1, 0.15) is 11.7 Å². The molecule has 0 bridgehead atoms. The molecular formula is C12H15ClN6O. The molecule has 106 valence electrons. The Hall–Kier alpha value is -1.86. The minimum atomic E-state index is 0.322. The van der Waals surface area contributed by atoms with E-state index in [1.54, 1.807) is 13.2 Å². The van der Waals surface area contributed by atoms with Crippen molar-refractivity contribution in [2.75, 3.05) is 30.9 Å². The van der Waals surface area contributed by atoms with Gasteiger partial charge in [-0.05, 0) is 6.92 Å². The van der Waals surface area contributed by atoms with E-state index in [2.05, 4.69) is 25.7 Å². The molecule has 2 aromatic heterocycles. The highest BCUT2D eigenvalue weighted by Crippen LogP contribution is 2.24. The van der Waals surface area contributed by atoms with E-state index in [0.717, 1.165) is 11.4 Å². The number of rotatable bonds is 4. The minimum absolute atomic E-state index is 0.322. The highest BCUT2D eigenvalue weighted by molar-refractivity contribution is 6.32. The topological polar surface area (TPSA) is 76.9 Å². The zero-order chi connectivity index (χ0) is 14.1. The molecule has 3 rings (SSSR count). The maximum atomic E-state index is 5.96. The van der Waals surface area contributed by atoms with Crippen LogP contribution in [0.5, 0.6) is 0 Å². The predicted octanol–water partition coefficient (Wildman–Crippen LogP) is 1.99. The SMILES string of the molecule is CNc1nc(Nc2cn(C3COC3)nc2C)ncc1Cl. The maximum absolute atomic E-state index is 5.96. The first-order chi connectivity index (χ1) is 9.67. The molecule has 0 unspecified atom stereocenters. The summed E-state index contributed by atoms with van der Waals surface area (Å²) in [5.74, 6) is 1.06. The smallest absolute Gasteiger partial charge is 0.229 e. The molecule has 0 radical (unpaired) electrons. The molecular weight excluding hydrogens is 280 g/mol. The summed E-state index contributed by atoms with van der Waals surface area (Å²) in [5, 5.41) is 11.0. The van der Waals surface area contributed by atoms with Crippen LogP contribution in [0.15, 0.2) is 12.4 Å². The summed E-state index contributed by atoms with van der Waals surface area (Å²) in [6, 6.07) is 0.322. The van der Waals surface area contributed by atoms with Crippen molar-refractivity contribution in [3.8, 4) is 0 Å². The van der Waals surface area contributed by atoms with Gasteiger partial charge in [0.1, 0.15) is 10.8 Å². The van der Waals surface area contributed by atoms with Gasteiger partial charge in [0.15, 0.2) is 0 Å². The van der Waals surface area contributed by atoms with Gasteiger partial charge in [0.2, 0.25) is 5.95 Å². The minimum Gasteiger partial charge on any atom is -0.377 e. The fraction of sp³-hybridized carbons (Fsp3) is 0.417. The van der Waals surface area contributed by atoms with Crippen LogP contribution in [0, 0.1) is 6.92 Å². The number of nitrogens with zero attached hydrogens (tertiary/aromatic N) is 4. The highest BCUT2D eigenvalue weighted by Gasteiger charge is 2.22. The summed E-state index contributed by atoms with van der Waals surface area (Å²) >= 11 is 5.96. The Balaban J connectivity index is 1.81. The van der Waals surface area contributed by atoms with E-state index in [1.165, 1.54) is 0 Å². The molecule has 0 saturated carbocycles. The number of nitrogens with one attached hydrogen (secondary N) is 2. The lowest BCUT2D eigenvalue weighted by Gasteiger charge is -2.25. The second-order valence-corrected chi connectivity index (χ2v) is 4.97. The fourth-order valence-corrected chi connectivity index (χ4v) is 2.08. The van der Waals surface area contributed by atoms with Crippen molar-refractivity contribution in [3.63, 3.8) is 0 Å². The van der Waals surface area contributed by atoms with E-state index < -0.39 is 0 Å². The Kier molecular flexibility index (Phi) is 3.45. The van der Waals surface area contributed by atoms with Crippen molar-refractivity contribution in [2.45, 2.75) is 13.0 Å². The Morgan fingerprint density at radius 1 is 1.45 bits per heavy atom. The fourth-order valence-electron chi connectivity index (χ4n) is 1.89. The van der Waals surface area contributed by atoms with Crippen molar-refractivity contribution < 1.29 is 4.74 Å². The number of hydrogen-bond acceptors (Lipinski definition) is 6. The molecule has 1 aliphatic heterocycles. The summed E-state index contributed by atoms with van der Waals surface area (Å²) < 4.78 is 7.08. The third-order valence-electron chi connectivity index (χ3n) is 3.14. The lowest BCUT2D eigenvalue weighted by atomic mass is 10.3. The Morgan fingerprint density at radius 3 is 2.90 bits per heavy atom. The predicted molar refractivity (Wildman–Crippen MR) is 76.7 cm³/mol. The molecule has 2 aromatic rings. The highest BCUT2D eigenvalue weighted by atomic mass is 35.5. The van der Waals surface area contributed by atoms with E-state index in [0.29, 0.717) is 36.0 Å². The Morgan fingerprint density at radius 2 is 2.25 bits per heavy atom. The largest absolute Gasteiger partial charge is 0.377 e. The molecule has 0 atom stereocenters. The van der Waals surface area contributed by atoms with Gasteiger partial charge in [-0.15, -0.1) is 0 Å². The van der Waals surface area contributed by atoms with Crippen LogP contribution < -0.4 is 10.6 Å². The molecule has 3 heterocycles. The number of anilines is 3. The molecule has 20 heavy (non-hydrogen) atoms. The van der Waals surface area contributed by atoms with Gasteiger partial charge in [0.05, 0.1) is 36.8 Å². The first kappa shape index (κ1) is 13.1. The first-order valence-electron chi connectivity index (χ1n) is 6.28. The number of hydrogen-bond donors (Lipinski definition) is 2. The number of halogens is 1. The molecule has 0 amide bonds. The van der Waals surface area contributed by atoms with Gasteiger partial charge in [0.25, 0.3) is 0 Å². The third-order valence-corrected chi connectivity index (χ3v) is 3.42. The van der Waals surface area contributed by atoms with Crippen LogP contribution >= 0.6 is 11.6 Å². The summed E-state index contributed by atoms with van der Waals surface area (Å²) in [6.45, 7) is 3.36. The third kappa shape index (κ3) is 2.41. The standard InChI is InChI=1S/C12H15ClN6O/c1-7-10(4-19(18-7)8-5-20-6-8)16-12-15-3-9(13)11(14-2)17-12/h3-4,8H,5-6H2,1-2H3,(H2,14,15,16,17). The quantitative estimate of drug-likeness (QED) is 0.898. The molecule has 8 heteroatoms. The summed E-state index contributed by atoms with van der Waals surface area (Å²) in [7, 11) is 1.76. The summed E-state index contributed by atoms with van der Waals surface area (Å²) in [5.41, 5.74) is 1.77. The molecule has 0 spiro atoms. The molecule has 1 aliphatic rings.